The van der Waals surface area contributed by atoms with Gasteiger partial charge in [-0.2, -0.15) is 0 Å². The third kappa shape index (κ3) is 3.00. The molecule has 5 heteroatoms. The van der Waals surface area contributed by atoms with Crippen molar-refractivity contribution in [2.45, 2.75) is 6.92 Å². The van der Waals surface area contributed by atoms with Gasteiger partial charge in [-0.25, -0.2) is 0 Å². The van der Waals surface area contributed by atoms with Gasteiger partial charge in [-0.3, -0.25) is 4.79 Å². The summed E-state index contributed by atoms with van der Waals surface area (Å²) in [6.07, 6.45) is 0. The Balaban J connectivity index is 2.31. The summed E-state index contributed by atoms with van der Waals surface area (Å²) in [4.78, 5) is 12.2. The van der Waals surface area contributed by atoms with Gasteiger partial charge >= 0.3 is 0 Å². The lowest BCUT2D eigenvalue weighted by Gasteiger charge is -2.11. The van der Waals surface area contributed by atoms with E-state index in [2.05, 4.69) is 5.32 Å². The second-order valence-electron chi connectivity index (χ2n) is 4.12. The molecule has 0 saturated carbocycles. The first-order valence-electron chi connectivity index (χ1n) is 5.60. The number of nitrogen functional groups attached to an aromatic ring is 1. The van der Waals surface area contributed by atoms with Gasteiger partial charge in [0.05, 0.1) is 22.0 Å². The van der Waals surface area contributed by atoms with Crippen LogP contribution < -0.4 is 11.1 Å². The predicted octanol–water partition coefficient (Wildman–Crippen LogP) is 4.14. The molecule has 0 saturated heterocycles. The van der Waals surface area contributed by atoms with Crippen molar-refractivity contribution in [3.05, 3.63) is 57.6 Å². The number of amides is 1. The highest BCUT2D eigenvalue weighted by Gasteiger charge is 2.13. The van der Waals surface area contributed by atoms with Gasteiger partial charge in [-0.15, -0.1) is 0 Å². The van der Waals surface area contributed by atoms with Crippen molar-refractivity contribution in [2.24, 2.45) is 0 Å². The Morgan fingerprint density at radius 1 is 1.21 bits per heavy atom. The Kier molecular flexibility index (Phi) is 3.98. The SMILES string of the molecule is Cc1cccc(N)c1NC(=O)c1ccc(Cl)cc1Cl. The summed E-state index contributed by atoms with van der Waals surface area (Å²) in [7, 11) is 0. The van der Waals surface area contributed by atoms with Gasteiger partial charge in [0, 0.05) is 5.02 Å². The standard InChI is InChI=1S/C14H12Cl2N2O/c1-8-3-2-4-12(17)13(8)18-14(19)10-6-5-9(15)7-11(10)16/h2-7H,17H2,1H3,(H,18,19). The molecule has 0 aliphatic heterocycles. The largest absolute Gasteiger partial charge is 0.397 e. The van der Waals surface area contributed by atoms with Crippen LogP contribution in [-0.2, 0) is 0 Å². The van der Waals surface area contributed by atoms with Crippen LogP contribution in [0.5, 0.6) is 0 Å². The van der Waals surface area contributed by atoms with Crippen LogP contribution in [0, 0.1) is 6.92 Å². The predicted molar refractivity (Wildman–Crippen MR) is 80.0 cm³/mol. The molecule has 2 aromatic rings. The number of benzene rings is 2. The van der Waals surface area contributed by atoms with E-state index in [1.165, 1.54) is 6.07 Å². The Bertz CT molecular complexity index is 621. The van der Waals surface area contributed by atoms with Crippen molar-refractivity contribution in [3.63, 3.8) is 0 Å². The van der Waals surface area contributed by atoms with Crippen molar-refractivity contribution in [1.82, 2.24) is 0 Å². The maximum Gasteiger partial charge on any atom is 0.257 e. The zero-order valence-corrected chi connectivity index (χ0v) is 11.7. The lowest BCUT2D eigenvalue weighted by Crippen LogP contribution is -2.14. The third-order valence-electron chi connectivity index (χ3n) is 2.72. The zero-order valence-electron chi connectivity index (χ0n) is 10.2. The van der Waals surface area contributed by atoms with Crippen LogP contribution in [0.2, 0.25) is 10.0 Å². The fraction of sp³-hybridized carbons (Fsp3) is 0.0714. The minimum Gasteiger partial charge on any atom is -0.397 e. The van der Waals surface area contributed by atoms with Crippen molar-refractivity contribution in [2.75, 3.05) is 11.1 Å². The number of para-hydroxylation sites is 1. The molecule has 0 aromatic heterocycles. The summed E-state index contributed by atoms with van der Waals surface area (Å²) in [6.45, 7) is 1.87. The molecule has 0 heterocycles. The van der Waals surface area contributed by atoms with Gasteiger partial charge in [-0.1, -0.05) is 35.3 Å². The highest BCUT2D eigenvalue weighted by Crippen LogP contribution is 2.26. The van der Waals surface area contributed by atoms with Crippen LogP contribution in [0.4, 0.5) is 11.4 Å². The smallest absolute Gasteiger partial charge is 0.257 e. The normalized spacial score (nSPS) is 10.3. The fourth-order valence-corrected chi connectivity index (χ4v) is 2.21. The van der Waals surface area contributed by atoms with Gasteiger partial charge in [0.25, 0.3) is 5.91 Å². The van der Waals surface area contributed by atoms with E-state index >= 15 is 0 Å². The van der Waals surface area contributed by atoms with Crippen LogP contribution in [0.1, 0.15) is 15.9 Å². The summed E-state index contributed by atoms with van der Waals surface area (Å²) >= 11 is 11.8. The molecular formula is C14H12Cl2N2O. The molecule has 98 valence electrons. The van der Waals surface area contributed by atoms with Crippen LogP contribution in [-0.4, -0.2) is 5.91 Å². The molecule has 0 atom stereocenters. The number of carbonyl (C=O) groups excluding carboxylic acids is 1. The van der Waals surface area contributed by atoms with E-state index in [-0.39, 0.29) is 5.91 Å². The van der Waals surface area contributed by atoms with Gasteiger partial charge < -0.3 is 11.1 Å². The van der Waals surface area contributed by atoms with Gasteiger partial charge in [-0.05, 0) is 36.8 Å². The Morgan fingerprint density at radius 2 is 1.95 bits per heavy atom. The number of carbonyl (C=O) groups is 1. The topological polar surface area (TPSA) is 55.1 Å². The Hall–Kier alpha value is -1.71. The van der Waals surface area contributed by atoms with Crippen molar-refractivity contribution in [3.8, 4) is 0 Å². The van der Waals surface area contributed by atoms with Gasteiger partial charge in [0.2, 0.25) is 0 Å². The minimum atomic E-state index is -0.317. The number of hydrogen-bond acceptors (Lipinski definition) is 2. The molecule has 19 heavy (non-hydrogen) atoms. The summed E-state index contributed by atoms with van der Waals surface area (Å²) in [5.74, 6) is -0.317. The first kappa shape index (κ1) is 13.7. The summed E-state index contributed by atoms with van der Waals surface area (Å²) < 4.78 is 0. The van der Waals surface area contributed by atoms with E-state index < -0.39 is 0 Å². The summed E-state index contributed by atoms with van der Waals surface area (Å²) in [5, 5.41) is 3.55. The van der Waals surface area contributed by atoms with E-state index in [0.717, 1.165) is 5.56 Å². The van der Waals surface area contributed by atoms with Gasteiger partial charge in [0.1, 0.15) is 0 Å². The lowest BCUT2D eigenvalue weighted by molar-refractivity contribution is 0.102. The average molecular weight is 295 g/mol. The van der Waals surface area contributed by atoms with E-state index in [1.807, 2.05) is 19.1 Å². The summed E-state index contributed by atoms with van der Waals surface area (Å²) in [6, 6.07) is 10.1. The molecule has 2 rings (SSSR count). The number of halogens is 2. The van der Waals surface area contributed by atoms with E-state index in [0.29, 0.717) is 27.0 Å². The molecular weight excluding hydrogens is 283 g/mol. The summed E-state index contributed by atoms with van der Waals surface area (Å²) in [5.41, 5.74) is 8.19. The van der Waals surface area contributed by atoms with E-state index in [9.17, 15) is 4.79 Å². The fourth-order valence-electron chi connectivity index (χ4n) is 1.72. The molecule has 1 amide bonds. The average Bonchev–Trinajstić information content (AvgIpc) is 2.33. The Labute approximate surface area is 121 Å². The quantitative estimate of drug-likeness (QED) is 0.818. The van der Waals surface area contributed by atoms with Crippen LogP contribution in [0.3, 0.4) is 0 Å². The first-order valence-corrected chi connectivity index (χ1v) is 6.36. The molecule has 0 aliphatic rings. The molecule has 0 bridgehead atoms. The number of nitrogens with two attached hydrogens (primary N) is 1. The van der Waals surface area contributed by atoms with Crippen LogP contribution >= 0.6 is 23.2 Å². The highest BCUT2D eigenvalue weighted by molar-refractivity contribution is 6.37. The maximum atomic E-state index is 12.2. The van der Waals surface area contributed by atoms with Crippen molar-refractivity contribution in [1.29, 1.82) is 0 Å². The Morgan fingerprint density at radius 3 is 2.58 bits per heavy atom. The lowest BCUT2D eigenvalue weighted by atomic mass is 10.1. The number of anilines is 2. The second kappa shape index (κ2) is 5.51. The van der Waals surface area contributed by atoms with Crippen molar-refractivity contribution < 1.29 is 4.79 Å². The van der Waals surface area contributed by atoms with Crippen molar-refractivity contribution >= 4 is 40.5 Å². The second-order valence-corrected chi connectivity index (χ2v) is 4.96. The van der Waals surface area contributed by atoms with Gasteiger partial charge in [0.15, 0.2) is 0 Å². The maximum absolute atomic E-state index is 12.2. The molecule has 0 fully saturated rings. The number of rotatable bonds is 2. The zero-order chi connectivity index (χ0) is 14.0. The minimum absolute atomic E-state index is 0.303. The molecule has 3 N–H and O–H groups in total. The molecule has 2 aromatic carbocycles. The third-order valence-corrected chi connectivity index (χ3v) is 3.27. The number of hydrogen-bond donors (Lipinski definition) is 2. The highest BCUT2D eigenvalue weighted by atomic mass is 35.5. The molecule has 3 nitrogen and oxygen atoms in total. The van der Waals surface area contributed by atoms with Crippen LogP contribution in [0.15, 0.2) is 36.4 Å². The first-order chi connectivity index (χ1) is 8.99. The van der Waals surface area contributed by atoms with E-state index in [4.69, 9.17) is 28.9 Å². The number of aryl methyl sites for hydroxylation is 1. The monoisotopic (exact) mass is 294 g/mol. The molecule has 0 spiro atoms. The molecule has 0 radical (unpaired) electrons. The van der Waals surface area contributed by atoms with E-state index in [1.54, 1.807) is 18.2 Å². The van der Waals surface area contributed by atoms with Crippen LogP contribution in [0.25, 0.3) is 0 Å². The molecule has 0 aliphatic carbocycles. The molecule has 0 unspecified atom stereocenters. The number of nitrogens with one attached hydrogen (secondary N) is 1.